The molecular weight excluding hydrogens is 651 g/mol. The van der Waals surface area contributed by atoms with Crippen molar-refractivity contribution in [2.45, 2.75) is 13.3 Å². The topological polar surface area (TPSA) is 30.2 Å². The third kappa shape index (κ3) is 5.11. The summed E-state index contributed by atoms with van der Waals surface area (Å²) >= 11 is 1.74. The number of thiazole rings is 1. The molecule has 0 saturated carbocycles. The Balaban J connectivity index is 1.17. The van der Waals surface area contributed by atoms with E-state index in [2.05, 4.69) is 181 Å². The fourth-order valence-electron chi connectivity index (χ4n) is 7.77. The summed E-state index contributed by atoms with van der Waals surface area (Å²) in [4.78, 5) is 10.5. The molecule has 3 heterocycles. The summed E-state index contributed by atoms with van der Waals surface area (Å²) < 4.78 is 3.64. The van der Waals surface area contributed by atoms with Gasteiger partial charge in [-0.3, -0.25) is 4.99 Å². The standard InChI is InChI=1S/C48H33N3S/c1-31-28-43(49-42(33-16-6-3-7-17-33)30-40(31)32-14-4-2-5-15-32)36-26-27-45(37-19-9-8-18-35(36)37)51-44-22-12-10-20-38(44)39-25-24-34(29-46(39)51)48-50-41-21-11-13-23-47(41)52-48/h2-27,29-30H,28H2,1H3. The monoisotopic (exact) mass is 683 g/mol. The van der Waals surface area contributed by atoms with Crippen molar-refractivity contribution in [3.63, 3.8) is 0 Å². The molecular formula is C48H33N3S. The summed E-state index contributed by atoms with van der Waals surface area (Å²) in [5, 5.41) is 5.88. The molecule has 0 atom stereocenters. The maximum atomic E-state index is 5.47. The van der Waals surface area contributed by atoms with Gasteiger partial charge in [-0.05, 0) is 59.9 Å². The molecule has 0 bridgehead atoms. The lowest BCUT2D eigenvalue weighted by Gasteiger charge is -2.16. The summed E-state index contributed by atoms with van der Waals surface area (Å²) in [6, 6.07) is 58.6. The highest BCUT2D eigenvalue weighted by atomic mass is 32.1. The zero-order valence-corrected chi connectivity index (χ0v) is 29.4. The Bertz CT molecular complexity index is 2890. The van der Waals surface area contributed by atoms with E-state index in [0.717, 1.165) is 50.7 Å². The van der Waals surface area contributed by atoms with Gasteiger partial charge in [0.15, 0.2) is 0 Å². The fraction of sp³-hybridized carbons (Fsp3) is 0.0417. The molecule has 0 saturated heterocycles. The first-order valence-electron chi connectivity index (χ1n) is 17.7. The van der Waals surface area contributed by atoms with Crippen molar-refractivity contribution in [2.75, 3.05) is 0 Å². The fourth-order valence-corrected chi connectivity index (χ4v) is 8.73. The summed E-state index contributed by atoms with van der Waals surface area (Å²) in [5.74, 6) is 0. The summed E-state index contributed by atoms with van der Waals surface area (Å²) in [7, 11) is 0. The van der Waals surface area contributed by atoms with Crippen LogP contribution < -0.4 is 0 Å². The molecule has 7 aromatic carbocycles. The Morgan fingerprint density at radius 3 is 2.04 bits per heavy atom. The first kappa shape index (κ1) is 30.5. The molecule has 1 aliphatic rings. The van der Waals surface area contributed by atoms with Gasteiger partial charge in [-0.15, -0.1) is 11.3 Å². The number of hydrogen-bond acceptors (Lipinski definition) is 3. The van der Waals surface area contributed by atoms with Crippen LogP contribution in [-0.4, -0.2) is 15.3 Å². The molecule has 1 aliphatic heterocycles. The van der Waals surface area contributed by atoms with Crippen LogP contribution in [0.15, 0.2) is 180 Å². The highest BCUT2D eigenvalue weighted by molar-refractivity contribution is 7.21. The van der Waals surface area contributed by atoms with Gasteiger partial charge in [-0.25, -0.2) is 4.98 Å². The Hall–Kier alpha value is -6.36. The molecule has 0 amide bonds. The van der Waals surface area contributed by atoms with Crippen LogP contribution in [0, 0.1) is 0 Å². The van der Waals surface area contributed by atoms with Crippen molar-refractivity contribution in [1.29, 1.82) is 0 Å². The molecule has 52 heavy (non-hydrogen) atoms. The summed E-state index contributed by atoms with van der Waals surface area (Å²) in [6.07, 6.45) is 3.02. The maximum absolute atomic E-state index is 5.47. The van der Waals surface area contributed by atoms with Crippen LogP contribution in [0.2, 0.25) is 0 Å². The van der Waals surface area contributed by atoms with Gasteiger partial charge >= 0.3 is 0 Å². The molecule has 0 unspecified atom stereocenters. The van der Waals surface area contributed by atoms with E-state index in [1.807, 2.05) is 0 Å². The second-order valence-electron chi connectivity index (χ2n) is 13.4. The lowest BCUT2D eigenvalue weighted by molar-refractivity contribution is 1.20. The number of aliphatic imine (C=N–C) groups is 1. The molecule has 4 heteroatoms. The first-order chi connectivity index (χ1) is 25.7. The Labute approximate surface area is 306 Å². The quantitative estimate of drug-likeness (QED) is 0.178. The molecule has 0 spiro atoms. The van der Waals surface area contributed by atoms with Crippen LogP contribution in [0.5, 0.6) is 0 Å². The van der Waals surface area contributed by atoms with E-state index in [4.69, 9.17) is 9.98 Å². The van der Waals surface area contributed by atoms with E-state index in [9.17, 15) is 0 Å². The van der Waals surface area contributed by atoms with Crippen LogP contribution >= 0.6 is 11.3 Å². The lowest BCUT2D eigenvalue weighted by Crippen LogP contribution is -2.05. The predicted molar refractivity (Wildman–Crippen MR) is 222 cm³/mol. The number of aromatic nitrogens is 2. The van der Waals surface area contributed by atoms with Crippen molar-refractivity contribution >= 4 is 71.1 Å². The van der Waals surface area contributed by atoms with E-state index in [1.54, 1.807) is 11.3 Å². The molecule has 246 valence electrons. The number of nitrogens with zero attached hydrogens (tertiary/aromatic N) is 3. The van der Waals surface area contributed by atoms with Crippen LogP contribution in [0.25, 0.3) is 70.3 Å². The van der Waals surface area contributed by atoms with Crippen LogP contribution in [0.4, 0.5) is 0 Å². The molecule has 0 aliphatic carbocycles. The minimum absolute atomic E-state index is 0.751. The lowest BCUT2D eigenvalue weighted by atomic mass is 9.93. The summed E-state index contributed by atoms with van der Waals surface area (Å²) in [5.41, 5.74) is 13.7. The average molecular weight is 684 g/mol. The van der Waals surface area contributed by atoms with Gasteiger partial charge in [0.25, 0.3) is 0 Å². The van der Waals surface area contributed by atoms with Crippen molar-refractivity contribution < 1.29 is 0 Å². The zero-order chi connectivity index (χ0) is 34.6. The largest absolute Gasteiger partial charge is 0.309 e. The van der Waals surface area contributed by atoms with Crippen molar-refractivity contribution in [2.24, 2.45) is 4.99 Å². The number of allylic oxidation sites excluding steroid dienone is 3. The van der Waals surface area contributed by atoms with Crippen LogP contribution in [0.3, 0.4) is 0 Å². The van der Waals surface area contributed by atoms with Crippen LogP contribution in [0.1, 0.15) is 30.0 Å². The van der Waals surface area contributed by atoms with Gasteiger partial charge < -0.3 is 4.57 Å². The predicted octanol–water partition coefficient (Wildman–Crippen LogP) is 12.9. The van der Waals surface area contributed by atoms with Crippen molar-refractivity contribution in [1.82, 2.24) is 9.55 Å². The first-order valence-corrected chi connectivity index (χ1v) is 18.5. The van der Waals surface area contributed by atoms with Crippen molar-refractivity contribution in [3.8, 4) is 16.3 Å². The van der Waals surface area contributed by atoms with E-state index in [0.29, 0.717) is 0 Å². The zero-order valence-electron chi connectivity index (χ0n) is 28.6. The van der Waals surface area contributed by atoms with Gasteiger partial charge in [0, 0.05) is 39.3 Å². The molecule has 0 N–H and O–H groups in total. The number of hydrogen-bond donors (Lipinski definition) is 0. The Kier molecular flexibility index (Phi) is 7.29. The number of benzene rings is 7. The molecule has 9 aromatic rings. The van der Waals surface area contributed by atoms with E-state index < -0.39 is 0 Å². The normalized spacial score (nSPS) is 13.6. The third-order valence-corrected chi connectivity index (χ3v) is 11.3. The van der Waals surface area contributed by atoms with Gasteiger partial charge in [0.2, 0.25) is 0 Å². The third-order valence-electron chi connectivity index (χ3n) is 10.3. The van der Waals surface area contributed by atoms with Gasteiger partial charge in [0.05, 0.1) is 38.3 Å². The van der Waals surface area contributed by atoms with E-state index in [1.165, 1.54) is 54.0 Å². The smallest absolute Gasteiger partial charge is 0.124 e. The Morgan fingerprint density at radius 1 is 0.558 bits per heavy atom. The highest BCUT2D eigenvalue weighted by Crippen LogP contribution is 2.40. The SMILES string of the molecule is CC1=C(c2ccccc2)C=C(c2ccccc2)N=C(c2ccc(-n3c4ccccc4c4ccc(-c5nc6ccccc6s5)cc43)c3ccccc23)C1. The molecule has 10 rings (SSSR count). The van der Waals surface area contributed by atoms with Crippen LogP contribution in [-0.2, 0) is 0 Å². The van der Waals surface area contributed by atoms with E-state index in [-0.39, 0.29) is 0 Å². The molecule has 3 nitrogen and oxygen atoms in total. The molecule has 0 fully saturated rings. The molecule has 2 aromatic heterocycles. The van der Waals surface area contributed by atoms with Gasteiger partial charge in [0.1, 0.15) is 5.01 Å². The number of para-hydroxylation sites is 2. The molecule has 0 radical (unpaired) electrons. The summed E-state index contributed by atoms with van der Waals surface area (Å²) in [6.45, 7) is 2.25. The average Bonchev–Trinajstić information content (AvgIpc) is 3.73. The van der Waals surface area contributed by atoms with Gasteiger partial charge in [-0.1, -0.05) is 139 Å². The number of rotatable bonds is 5. The minimum Gasteiger partial charge on any atom is -0.309 e. The highest BCUT2D eigenvalue weighted by Gasteiger charge is 2.21. The second kappa shape index (κ2) is 12.4. The van der Waals surface area contributed by atoms with Crippen molar-refractivity contribution in [3.05, 3.63) is 192 Å². The minimum atomic E-state index is 0.751. The van der Waals surface area contributed by atoms with E-state index >= 15 is 0 Å². The Morgan fingerprint density at radius 2 is 1.23 bits per heavy atom. The second-order valence-corrected chi connectivity index (χ2v) is 14.5. The maximum Gasteiger partial charge on any atom is 0.124 e. The van der Waals surface area contributed by atoms with Gasteiger partial charge in [-0.2, -0.15) is 0 Å². The number of fused-ring (bicyclic) bond motifs is 5.